The van der Waals surface area contributed by atoms with Gasteiger partial charge in [-0.15, -0.1) is 0 Å². The van der Waals surface area contributed by atoms with Crippen molar-refractivity contribution in [1.82, 2.24) is 10.3 Å². The normalized spacial score (nSPS) is 9.74. The third kappa shape index (κ3) is 4.11. The number of nitrogens with zero attached hydrogens (tertiary/aromatic N) is 1. The molecule has 0 saturated carbocycles. The predicted octanol–water partition coefficient (Wildman–Crippen LogP) is 2.97. The van der Waals surface area contributed by atoms with E-state index in [1.54, 1.807) is 12.3 Å². The maximum Gasteiger partial charge on any atom is 0.259 e. The standard InChI is InChI=1S/C13H10BrN3OS/c14-10-6-9(7-15-8-10)12(18)17-13(19)16-11-4-2-1-3-5-11/h1-8H,(H2,16,17,18,19). The molecule has 0 radical (unpaired) electrons. The first-order chi connectivity index (χ1) is 9.15. The van der Waals surface area contributed by atoms with E-state index in [-0.39, 0.29) is 11.0 Å². The molecule has 1 amide bonds. The van der Waals surface area contributed by atoms with Crippen molar-refractivity contribution in [2.24, 2.45) is 0 Å². The molecule has 2 N–H and O–H groups in total. The smallest absolute Gasteiger partial charge is 0.259 e. The Labute approximate surface area is 124 Å². The van der Waals surface area contributed by atoms with Crippen LogP contribution in [0.3, 0.4) is 0 Å². The van der Waals surface area contributed by atoms with E-state index in [0.717, 1.165) is 10.2 Å². The van der Waals surface area contributed by atoms with Gasteiger partial charge in [0.25, 0.3) is 5.91 Å². The van der Waals surface area contributed by atoms with Crippen LogP contribution in [0.15, 0.2) is 53.3 Å². The Balaban J connectivity index is 1.98. The topological polar surface area (TPSA) is 54.0 Å². The quantitative estimate of drug-likeness (QED) is 0.828. The number of benzene rings is 1. The summed E-state index contributed by atoms with van der Waals surface area (Å²) >= 11 is 8.33. The van der Waals surface area contributed by atoms with Crippen LogP contribution in [0.25, 0.3) is 0 Å². The van der Waals surface area contributed by atoms with E-state index < -0.39 is 0 Å². The molecule has 1 heterocycles. The highest BCUT2D eigenvalue weighted by molar-refractivity contribution is 9.10. The van der Waals surface area contributed by atoms with Crippen molar-refractivity contribution in [3.63, 3.8) is 0 Å². The van der Waals surface area contributed by atoms with Crippen molar-refractivity contribution in [3.8, 4) is 0 Å². The van der Waals surface area contributed by atoms with Gasteiger partial charge in [0.1, 0.15) is 0 Å². The molecule has 0 aliphatic rings. The minimum absolute atomic E-state index is 0.246. The summed E-state index contributed by atoms with van der Waals surface area (Å²) < 4.78 is 0.738. The summed E-state index contributed by atoms with van der Waals surface area (Å²) in [5.74, 6) is -0.303. The number of aromatic nitrogens is 1. The number of amides is 1. The molecule has 0 atom stereocenters. The molecule has 19 heavy (non-hydrogen) atoms. The fraction of sp³-hybridized carbons (Fsp3) is 0. The van der Waals surface area contributed by atoms with E-state index in [4.69, 9.17) is 12.2 Å². The molecule has 0 saturated heterocycles. The molecule has 0 aliphatic carbocycles. The van der Waals surface area contributed by atoms with Gasteiger partial charge in [0.15, 0.2) is 5.11 Å². The van der Waals surface area contributed by atoms with E-state index in [1.165, 1.54) is 6.20 Å². The molecule has 0 unspecified atom stereocenters. The average Bonchev–Trinajstić information content (AvgIpc) is 2.39. The van der Waals surface area contributed by atoms with Crippen molar-refractivity contribution in [1.29, 1.82) is 0 Å². The van der Waals surface area contributed by atoms with Crippen LogP contribution >= 0.6 is 28.1 Å². The third-order valence-electron chi connectivity index (χ3n) is 2.23. The van der Waals surface area contributed by atoms with Crippen LogP contribution in [-0.2, 0) is 0 Å². The fourth-order valence-corrected chi connectivity index (χ4v) is 1.97. The summed E-state index contributed by atoms with van der Waals surface area (Å²) in [5, 5.41) is 5.76. The molecule has 1 aromatic heterocycles. The molecular formula is C13H10BrN3OS. The SMILES string of the molecule is O=C(NC(=S)Nc1ccccc1)c1cncc(Br)c1. The molecule has 0 aliphatic heterocycles. The molecular weight excluding hydrogens is 326 g/mol. The lowest BCUT2D eigenvalue weighted by Gasteiger charge is -2.09. The third-order valence-corrected chi connectivity index (χ3v) is 2.86. The van der Waals surface area contributed by atoms with Crippen LogP contribution in [-0.4, -0.2) is 16.0 Å². The van der Waals surface area contributed by atoms with E-state index in [9.17, 15) is 4.79 Å². The van der Waals surface area contributed by atoms with Gasteiger partial charge in [0.2, 0.25) is 0 Å². The molecule has 0 bridgehead atoms. The summed E-state index contributed by atoms with van der Waals surface area (Å²) in [6.45, 7) is 0. The lowest BCUT2D eigenvalue weighted by molar-refractivity contribution is 0.0977. The van der Waals surface area contributed by atoms with Gasteiger partial charge in [-0.05, 0) is 46.3 Å². The van der Waals surface area contributed by atoms with Gasteiger partial charge < -0.3 is 5.32 Å². The van der Waals surface area contributed by atoms with E-state index in [2.05, 4.69) is 31.5 Å². The highest BCUT2D eigenvalue weighted by atomic mass is 79.9. The van der Waals surface area contributed by atoms with Gasteiger partial charge in [-0.25, -0.2) is 0 Å². The number of halogens is 1. The second-order valence-corrected chi connectivity index (χ2v) is 4.99. The summed E-state index contributed by atoms with van der Waals surface area (Å²) in [6.07, 6.45) is 3.09. The monoisotopic (exact) mass is 335 g/mol. The molecule has 0 fully saturated rings. The summed E-state index contributed by atoms with van der Waals surface area (Å²) in [4.78, 5) is 15.8. The minimum atomic E-state index is -0.303. The Morgan fingerprint density at radius 2 is 1.95 bits per heavy atom. The Morgan fingerprint density at radius 3 is 2.63 bits per heavy atom. The zero-order valence-corrected chi connectivity index (χ0v) is 12.2. The Morgan fingerprint density at radius 1 is 1.21 bits per heavy atom. The predicted molar refractivity (Wildman–Crippen MR) is 82.1 cm³/mol. The number of para-hydroxylation sites is 1. The van der Waals surface area contributed by atoms with E-state index >= 15 is 0 Å². The van der Waals surface area contributed by atoms with Crippen molar-refractivity contribution in [2.45, 2.75) is 0 Å². The number of hydrogen-bond acceptors (Lipinski definition) is 3. The summed E-state index contributed by atoms with van der Waals surface area (Å²) in [6, 6.07) is 11.1. The van der Waals surface area contributed by atoms with Gasteiger partial charge in [0, 0.05) is 22.6 Å². The van der Waals surface area contributed by atoms with Crippen molar-refractivity contribution in [2.75, 3.05) is 5.32 Å². The zero-order chi connectivity index (χ0) is 13.7. The number of carbonyl (C=O) groups excluding carboxylic acids is 1. The molecule has 0 spiro atoms. The van der Waals surface area contributed by atoms with Gasteiger partial charge in [-0.2, -0.15) is 0 Å². The average molecular weight is 336 g/mol. The van der Waals surface area contributed by atoms with E-state index in [0.29, 0.717) is 5.56 Å². The van der Waals surface area contributed by atoms with Crippen LogP contribution in [0.5, 0.6) is 0 Å². The molecule has 1 aromatic carbocycles. The van der Waals surface area contributed by atoms with E-state index in [1.807, 2.05) is 30.3 Å². The second-order valence-electron chi connectivity index (χ2n) is 3.67. The number of anilines is 1. The first-order valence-electron chi connectivity index (χ1n) is 5.43. The van der Waals surface area contributed by atoms with Gasteiger partial charge in [-0.3, -0.25) is 15.1 Å². The van der Waals surface area contributed by atoms with Crippen molar-refractivity contribution in [3.05, 3.63) is 58.8 Å². The van der Waals surface area contributed by atoms with Crippen molar-refractivity contribution >= 4 is 44.9 Å². The lowest BCUT2D eigenvalue weighted by atomic mass is 10.3. The lowest BCUT2D eigenvalue weighted by Crippen LogP contribution is -2.34. The first kappa shape index (κ1) is 13.6. The number of thiocarbonyl (C=S) groups is 1. The van der Waals surface area contributed by atoms with Gasteiger partial charge in [-0.1, -0.05) is 18.2 Å². The molecule has 2 rings (SSSR count). The maximum absolute atomic E-state index is 11.9. The summed E-state index contributed by atoms with van der Waals surface area (Å²) in [7, 11) is 0. The fourth-order valence-electron chi connectivity index (χ4n) is 1.40. The van der Waals surface area contributed by atoms with Crippen molar-refractivity contribution < 1.29 is 4.79 Å². The minimum Gasteiger partial charge on any atom is -0.332 e. The van der Waals surface area contributed by atoms with Crippen LogP contribution in [0.1, 0.15) is 10.4 Å². The Hall–Kier alpha value is -1.79. The number of rotatable bonds is 2. The maximum atomic E-state index is 11.9. The summed E-state index contributed by atoms with van der Waals surface area (Å²) in [5.41, 5.74) is 1.26. The molecule has 96 valence electrons. The zero-order valence-electron chi connectivity index (χ0n) is 9.76. The molecule has 2 aromatic rings. The van der Waals surface area contributed by atoms with Crippen LogP contribution in [0.2, 0.25) is 0 Å². The highest BCUT2D eigenvalue weighted by Gasteiger charge is 2.08. The molecule has 4 nitrogen and oxygen atoms in total. The second kappa shape index (κ2) is 6.40. The molecule has 6 heteroatoms. The van der Waals surface area contributed by atoms with Gasteiger partial charge >= 0.3 is 0 Å². The van der Waals surface area contributed by atoms with Crippen LogP contribution in [0, 0.1) is 0 Å². The number of hydrogen-bond donors (Lipinski definition) is 2. The number of carbonyl (C=O) groups is 1. The van der Waals surface area contributed by atoms with Crippen LogP contribution < -0.4 is 10.6 Å². The van der Waals surface area contributed by atoms with Crippen LogP contribution in [0.4, 0.5) is 5.69 Å². The Kier molecular flexibility index (Phi) is 4.59. The Bertz CT molecular complexity index is 604. The number of pyridine rings is 1. The highest BCUT2D eigenvalue weighted by Crippen LogP contribution is 2.09. The number of nitrogens with one attached hydrogen (secondary N) is 2. The largest absolute Gasteiger partial charge is 0.332 e. The van der Waals surface area contributed by atoms with Gasteiger partial charge in [0.05, 0.1) is 5.56 Å². The first-order valence-corrected chi connectivity index (χ1v) is 6.63.